The van der Waals surface area contributed by atoms with Gasteiger partial charge in [-0.05, 0) is 38.1 Å². The van der Waals surface area contributed by atoms with Gasteiger partial charge in [0, 0.05) is 12.4 Å². The van der Waals surface area contributed by atoms with Crippen LogP contribution in [-0.4, -0.2) is 20.3 Å². The number of carbonyl (C=O) groups is 1. The molecule has 0 unspecified atom stereocenters. The highest BCUT2D eigenvalue weighted by molar-refractivity contribution is 7.09. The summed E-state index contributed by atoms with van der Waals surface area (Å²) in [5, 5.41) is 5.07. The molecule has 1 amide bonds. The van der Waals surface area contributed by atoms with Crippen molar-refractivity contribution in [3.63, 3.8) is 0 Å². The molecule has 0 aliphatic heterocycles. The summed E-state index contributed by atoms with van der Waals surface area (Å²) in [7, 11) is 1.78. The third-order valence-electron chi connectivity index (χ3n) is 4.96. The molecule has 0 spiro atoms. The lowest BCUT2D eigenvalue weighted by molar-refractivity contribution is 0.102. The fourth-order valence-electron chi connectivity index (χ4n) is 3.15. The van der Waals surface area contributed by atoms with E-state index in [0.29, 0.717) is 10.7 Å². The zero-order valence-corrected chi connectivity index (χ0v) is 18.3. The third-order valence-corrected chi connectivity index (χ3v) is 5.78. The fraction of sp³-hybridized carbons (Fsp3) is 0.174. The maximum absolute atomic E-state index is 13.0. The lowest BCUT2D eigenvalue weighted by atomic mass is 10.2. The summed E-state index contributed by atoms with van der Waals surface area (Å²) in [6, 6.07) is 17.0. The lowest BCUT2D eigenvalue weighted by Gasteiger charge is -2.07. The van der Waals surface area contributed by atoms with Crippen LogP contribution in [0.3, 0.4) is 0 Å². The molecule has 1 N–H and O–H groups in total. The molecule has 0 bridgehead atoms. The predicted octanol–water partition coefficient (Wildman–Crippen LogP) is 4.08. The molecule has 0 atom stereocenters. The van der Waals surface area contributed by atoms with Crippen LogP contribution in [0.5, 0.6) is 5.75 Å². The summed E-state index contributed by atoms with van der Waals surface area (Å²) in [5.41, 5.74) is 2.73. The Hall–Kier alpha value is -3.65. The molecule has 8 heteroatoms. The van der Waals surface area contributed by atoms with E-state index in [4.69, 9.17) is 4.74 Å². The van der Waals surface area contributed by atoms with E-state index in [1.807, 2.05) is 61.5 Å². The lowest BCUT2D eigenvalue weighted by Crippen LogP contribution is -2.23. The average Bonchev–Trinajstić information content (AvgIpc) is 3.33. The molecule has 0 saturated heterocycles. The highest BCUT2D eigenvalue weighted by Gasteiger charge is 2.20. The van der Waals surface area contributed by atoms with Crippen molar-refractivity contribution >= 4 is 22.9 Å². The number of anilines is 1. The van der Waals surface area contributed by atoms with E-state index in [0.717, 1.165) is 17.0 Å². The number of amides is 1. The number of thiazole rings is 1. The standard InChI is InChI=1S/C23H22N4O3S/c1-15-9-11-18(12-10-15)30-13-20-24-19(14-31-20)22(28)25-21-16(2)26(3)27(23(21)29)17-7-5-4-6-8-17/h4-12,14H,13H2,1-3H3,(H,25,28). The van der Waals surface area contributed by atoms with Crippen molar-refractivity contribution in [2.75, 3.05) is 5.32 Å². The van der Waals surface area contributed by atoms with Gasteiger partial charge in [0.25, 0.3) is 11.5 Å². The molecule has 0 aliphatic carbocycles. The topological polar surface area (TPSA) is 78.2 Å². The first kappa shape index (κ1) is 20.6. The Morgan fingerprint density at radius 3 is 2.52 bits per heavy atom. The van der Waals surface area contributed by atoms with E-state index in [1.165, 1.54) is 16.0 Å². The van der Waals surface area contributed by atoms with Gasteiger partial charge in [0.2, 0.25) is 0 Å². The quantitative estimate of drug-likeness (QED) is 0.496. The number of nitrogens with zero attached hydrogens (tertiary/aromatic N) is 3. The molecule has 2 heterocycles. The van der Waals surface area contributed by atoms with E-state index < -0.39 is 5.91 Å². The Morgan fingerprint density at radius 1 is 1.10 bits per heavy atom. The van der Waals surface area contributed by atoms with Gasteiger partial charge in [-0.1, -0.05) is 35.9 Å². The normalized spacial score (nSPS) is 10.8. The van der Waals surface area contributed by atoms with Crippen molar-refractivity contribution in [3.05, 3.63) is 92.3 Å². The first-order valence-corrected chi connectivity index (χ1v) is 10.6. The van der Waals surface area contributed by atoms with Crippen molar-refractivity contribution in [1.29, 1.82) is 0 Å². The molecule has 0 fully saturated rings. The summed E-state index contributed by atoms with van der Waals surface area (Å²) < 4.78 is 8.96. The molecule has 7 nitrogen and oxygen atoms in total. The van der Waals surface area contributed by atoms with Crippen LogP contribution in [0, 0.1) is 13.8 Å². The first-order chi connectivity index (χ1) is 14.9. The monoisotopic (exact) mass is 434 g/mol. The molecule has 2 aromatic carbocycles. The van der Waals surface area contributed by atoms with Crippen LogP contribution in [-0.2, 0) is 13.7 Å². The Kier molecular flexibility index (Phi) is 5.73. The number of aryl methyl sites for hydroxylation is 1. The molecular formula is C23H22N4O3S. The summed E-state index contributed by atoms with van der Waals surface area (Å²) in [6.07, 6.45) is 0. The second-order valence-electron chi connectivity index (χ2n) is 7.12. The van der Waals surface area contributed by atoms with Gasteiger partial charge < -0.3 is 10.1 Å². The number of benzene rings is 2. The number of rotatable bonds is 6. The fourth-order valence-corrected chi connectivity index (χ4v) is 3.84. The van der Waals surface area contributed by atoms with Crippen molar-refractivity contribution in [2.45, 2.75) is 20.5 Å². The van der Waals surface area contributed by atoms with E-state index in [2.05, 4.69) is 10.3 Å². The zero-order chi connectivity index (χ0) is 22.0. The molecule has 0 aliphatic rings. The van der Waals surface area contributed by atoms with Crippen LogP contribution in [0.15, 0.2) is 64.8 Å². The molecule has 0 saturated carbocycles. The first-order valence-electron chi connectivity index (χ1n) is 9.73. The smallest absolute Gasteiger partial charge is 0.295 e. The largest absolute Gasteiger partial charge is 0.486 e. The Bertz CT molecular complexity index is 1270. The van der Waals surface area contributed by atoms with Crippen molar-refractivity contribution in [2.24, 2.45) is 7.05 Å². The molecule has 4 rings (SSSR count). The van der Waals surface area contributed by atoms with Crippen LogP contribution in [0.25, 0.3) is 5.69 Å². The Balaban J connectivity index is 1.49. The predicted molar refractivity (Wildman–Crippen MR) is 121 cm³/mol. The third kappa shape index (κ3) is 4.29. The second kappa shape index (κ2) is 8.61. The van der Waals surface area contributed by atoms with E-state index in [1.54, 1.807) is 24.0 Å². The van der Waals surface area contributed by atoms with E-state index in [-0.39, 0.29) is 23.5 Å². The molecule has 4 aromatic rings. The molecule has 31 heavy (non-hydrogen) atoms. The van der Waals surface area contributed by atoms with Crippen LogP contribution in [0.4, 0.5) is 5.69 Å². The van der Waals surface area contributed by atoms with E-state index >= 15 is 0 Å². The average molecular weight is 435 g/mol. The number of carbonyl (C=O) groups excluding carboxylic acids is 1. The molecular weight excluding hydrogens is 412 g/mol. The van der Waals surface area contributed by atoms with Gasteiger partial charge >= 0.3 is 0 Å². The van der Waals surface area contributed by atoms with Gasteiger partial charge in [0.1, 0.15) is 28.7 Å². The van der Waals surface area contributed by atoms with Crippen molar-refractivity contribution in [1.82, 2.24) is 14.3 Å². The zero-order valence-electron chi connectivity index (χ0n) is 17.5. The van der Waals surface area contributed by atoms with Gasteiger partial charge in [0.05, 0.1) is 11.4 Å². The van der Waals surface area contributed by atoms with Gasteiger partial charge in [-0.3, -0.25) is 14.3 Å². The highest BCUT2D eigenvalue weighted by atomic mass is 32.1. The second-order valence-corrected chi connectivity index (χ2v) is 8.06. The maximum atomic E-state index is 13.0. The number of aromatic nitrogens is 3. The van der Waals surface area contributed by atoms with Crippen LogP contribution < -0.4 is 15.6 Å². The van der Waals surface area contributed by atoms with Gasteiger partial charge in [-0.15, -0.1) is 11.3 Å². The summed E-state index contributed by atoms with van der Waals surface area (Å²) in [5.74, 6) is 0.317. The number of nitrogens with one attached hydrogen (secondary N) is 1. The minimum Gasteiger partial charge on any atom is -0.486 e. The SMILES string of the molecule is Cc1ccc(OCc2nc(C(=O)Nc3c(C)n(C)n(-c4ccccc4)c3=O)cs2)cc1. The van der Waals surface area contributed by atoms with Gasteiger partial charge in [-0.25, -0.2) is 9.67 Å². The van der Waals surface area contributed by atoms with Crippen LogP contribution in [0.2, 0.25) is 0 Å². The summed E-state index contributed by atoms with van der Waals surface area (Å²) >= 11 is 1.34. The number of hydrogen-bond acceptors (Lipinski definition) is 5. The summed E-state index contributed by atoms with van der Waals surface area (Å²) in [6.45, 7) is 4.07. The van der Waals surface area contributed by atoms with Crippen LogP contribution in [0.1, 0.15) is 26.8 Å². The van der Waals surface area contributed by atoms with Gasteiger partial charge in [-0.2, -0.15) is 0 Å². The minimum atomic E-state index is -0.427. The van der Waals surface area contributed by atoms with Gasteiger partial charge in [0.15, 0.2) is 0 Å². The highest BCUT2D eigenvalue weighted by Crippen LogP contribution is 2.18. The number of ether oxygens (including phenoxy) is 1. The molecule has 158 valence electrons. The van der Waals surface area contributed by atoms with Crippen molar-refractivity contribution in [3.8, 4) is 11.4 Å². The van der Waals surface area contributed by atoms with Crippen molar-refractivity contribution < 1.29 is 9.53 Å². The summed E-state index contributed by atoms with van der Waals surface area (Å²) in [4.78, 5) is 30.0. The van der Waals surface area contributed by atoms with Crippen LogP contribution >= 0.6 is 11.3 Å². The van der Waals surface area contributed by atoms with E-state index in [9.17, 15) is 9.59 Å². The minimum absolute atomic E-state index is 0.238. The Morgan fingerprint density at radius 2 is 1.81 bits per heavy atom. The molecule has 2 aromatic heterocycles. The Labute approximate surface area is 183 Å². The molecule has 0 radical (unpaired) electrons. The maximum Gasteiger partial charge on any atom is 0.295 e. The number of para-hydroxylation sites is 1. The number of hydrogen-bond donors (Lipinski definition) is 1.